The lowest BCUT2D eigenvalue weighted by Crippen LogP contribution is -2.47. The van der Waals surface area contributed by atoms with Gasteiger partial charge in [-0.2, -0.15) is 0 Å². The molecule has 3 rings (SSSR count). The molecule has 0 unspecified atom stereocenters. The van der Waals surface area contributed by atoms with E-state index in [1.165, 1.54) is 29.4 Å². The van der Waals surface area contributed by atoms with Crippen LogP contribution in [0.3, 0.4) is 0 Å². The van der Waals surface area contributed by atoms with E-state index in [-0.39, 0.29) is 0 Å². The minimum atomic E-state index is 0.824. The van der Waals surface area contributed by atoms with Crippen molar-refractivity contribution < 1.29 is 0 Å². The maximum absolute atomic E-state index is 3.56. The highest BCUT2D eigenvalue weighted by atomic mass is 15.0. The largest absolute Gasteiger partial charge is 0.316 e. The molecule has 0 bridgehead atoms. The average molecular weight is 226 g/mol. The summed E-state index contributed by atoms with van der Waals surface area (Å²) >= 11 is 0. The Morgan fingerprint density at radius 1 is 1.06 bits per heavy atom. The molecule has 1 fully saturated rings. The summed E-state index contributed by atoms with van der Waals surface area (Å²) in [6.45, 7) is 4.43. The molecule has 0 radical (unpaired) electrons. The highest BCUT2D eigenvalue weighted by Crippen LogP contribution is 2.18. The van der Waals surface area contributed by atoms with Gasteiger partial charge in [0.15, 0.2) is 0 Å². The third-order valence-electron chi connectivity index (χ3n) is 3.49. The quantitative estimate of drug-likeness (QED) is 0.834. The van der Waals surface area contributed by atoms with E-state index in [4.69, 9.17) is 0 Å². The van der Waals surface area contributed by atoms with Gasteiger partial charge in [0.1, 0.15) is 0 Å². The third-order valence-corrected chi connectivity index (χ3v) is 3.49. The summed E-state index contributed by atoms with van der Waals surface area (Å²) in [5, 5.41) is 9.56. The van der Waals surface area contributed by atoms with Crippen molar-refractivity contribution in [2.45, 2.75) is 6.54 Å². The molecule has 2 aromatic rings. The first-order chi connectivity index (χ1) is 8.43. The molecule has 0 spiro atoms. The lowest BCUT2D eigenvalue weighted by Gasteiger charge is -2.27. The van der Waals surface area contributed by atoms with Crippen molar-refractivity contribution >= 4 is 10.8 Å². The van der Waals surface area contributed by atoms with Gasteiger partial charge in [0.2, 0.25) is 0 Å². The zero-order valence-corrected chi connectivity index (χ0v) is 9.95. The maximum Gasteiger partial charge on any atom is 0.0211 e. The minimum Gasteiger partial charge on any atom is -0.316 e. The van der Waals surface area contributed by atoms with Crippen LogP contribution in [0.2, 0.25) is 0 Å². The Morgan fingerprint density at radius 3 is 2.71 bits per heavy atom. The van der Waals surface area contributed by atoms with Gasteiger partial charge in [0, 0.05) is 26.2 Å². The standard InChI is InChI=1S/C15H18N2/c1-2-7-15-13(4-1)5-3-6-14(15)11-17-10-12-8-16-9-12/h1-7,12,16-17H,8-11H2. The summed E-state index contributed by atoms with van der Waals surface area (Å²) < 4.78 is 0. The van der Waals surface area contributed by atoms with Gasteiger partial charge in [0.25, 0.3) is 0 Å². The van der Waals surface area contributed by atoms with Crippen LogP contribution in [0.25, 0.3) is 10.8 Å². The molecular formula is C15H18N2. The SMILES string of the molecule is c1ccc2c(CNCC3CNC3)cccc2c1. The smallest absolute Gasteiger partial charge is 0.0211 e. The van der Waals surface area contributed by atoms with Crippen LogP contribution in [0.15, 0.2) is 42.5 Å². The fraction of sp³-hybridized carbons (Fsp3) is 0.333. The molecule has 1 heterocycles. The van der Waals surface area contributed by atoms with Gasteiger partial charge in [-0.25, -0.2) is 0 Å². The predicted octanol–water partition coefficient (Wildman–Crippen LogP) is 2.15. The zero-order chi connectivity index (χ0) is 11.5. The topological polar surface area (TPSA) is 24.1 Å². The molecule has 1 saturated heterocycles. The number of hydrogen-bond acceptors (Lipinski definition) is 2. The van der Waals surface area contributed by atoms with Crippen LogP contribution in [-0.2, 0) is 6.54 Å². The number of hydrogen-bond donors (Lipinski definition) is 2. The van der Waals surface area contributed by atoms with Gasteiger partial charge in [-0.05, 0) is 22.3 Å². The fourth-order valence-corrected chi connectivity index (χ4v) is 2.35. The van der Waals surface area contributed by atoms with E-state index >= 15 is 0 Å². The van der Waals surface area contributed by atoms with Crippen LogP contribution < -0.4 is 10.6 Å². The van der Waals surface area contributed by atoms with E-state index in [9.17, 15) is 0 Å². The zero-order valence-electron chi connectivity index (χ0n) is 9.95. The van der Waals surface area contributed by atoms with Gasteiger partial charge in [-0.15, -0.1) is 0 Å². The molecule has 2 nitrogen and oxygen atoms in total. The second-order valence-corrected chi connectivity index (χ2v) is 4.79. The van der Waals surface area contributed by atoms with Crippen molar-refractivity contribution in [1.29, 1.82) is 0 Å². The van der Waals surface area contributed by atoms with Gasteiger partial charge < -0.3 is 10.6 Å². The van der Waals surface area contributed by atoms with Crippen LogP contribution in [0, 0.1) is 5.92 Å². The van der Waals surface area contributed by atoms with Crippen molar-refractivity contribution in [1.82, 2.24) is 10.6 Å². The van der Waals surface area contributed by atoms with Crippen molar-refractivity contribution in [3.63, 3.8) is 0 Å². The highest BCUT2D eigenvalue weighted by molar-refractivity contribution is 5.85. The summed E-state index contributed by atoms with van der Waals surface area (Å²) in [6.07, 6.45) is 0. The minimum absolute atomic E-state index is 0.824. The Hall–Kier alpha value is -1.38. The number of rotatable bonds is 4. The molecule has 17 heavy (non-hydrogen) atoms. The molecular weight excluding hydrogens is 208 g/mol. The van der Waals surface area contributed by atoms with Crippen LogP contribution in [-0.4, -0.2) is 19.6 Å². The van der Waals surface area contributed by atoms with Gasteiger partial charge in [-0.3, -0.25) is 0 Å². The summed E-state index contributed by atoms with van der Waals surface area (Å²) in [5.74, 6) is 0.824. The Labute approximate surface area is 102 Å². The number of fused-ring (bicyclic) bond motifs is 1. The molecule has 0 amide bonds. The third kappa shape index (κ3) is 2.33. The van der Waals surface area contributed by atoms with E-state index in [0.717, 1.165) is 19.0 Å². The van der Waals surface area contributed by atoms with Crippen molar-refractivity contribution in [2.75, 3.05) is 19.6 Å². The maximum atomic E-state index is 3.56. The fourth-order valence-electron chi connectivity index (χ4n) is 2.35. The normalized spacial score (nSPS) is 16.0. The second kappa shape index (κ2) is 4.86. The Bertz CT molecular complexity index is 498. The first-order valence-electron chi connectivity index (χ1n) is 6.31. The van der Waals surface area contributed by atoms with Crippen LogP contribution in [0.5, 0.6) is 0 Å². The Kier molecular flexibility index (Phi) is 3.08. The van der Waals surface area contributed by atoms with E-state index in [2.05, 4.69) is 53.1 Å². The number of benzene rings is 2. The lowest BCUT2D eigenvalue weighted by molar-refractivity contribution is 0.331. The molecule has 2 aromatic carbocycles. The highest BCUT2D eigenvalue weighted by Gasteiger charge is 2.15. The van der Waals surface area contributed by atoms with Crippen molar-refractivity contribution in [2.24, 2.45) is 5.92 Å². The molecule has 88 valence electrons. The molecule has 0 saturated carbocycles. The lowest BCUT2D eigenvalue weighted by atomic mass is 10.0. The summed E-state index contributed by atoms with van der Waals surface area (Å²) in [7, 11) is 0. The van der Waals surface area contributed by atoms with Gasteiger partial charge in [-0.1, -0.05) is 42.5 Å². The van der Waals surface area contributed by atoms with Crippen LogP contribution in [0.1, 0.15) is 5.56 Å². The molecule has 1 aliphatic rings. The first-order valence-corrected chi connectivity index (χ1v) is 6.31. The predicted molar refractivity (Wildman–Crippen MR) is 72.0 cm³/mol. The van der Waals surface area contributed by atoms with E-state index in [1.807, 2.05) is 0 Å². The van der Waals surface area contributed by atoms with E-state index < -0.39 is 0 Å². The molecule has 2 heteroatoms. The molecule has 2 N–H and O–H groups in total. The average Bonchev–Trinajstić information content (AvgIpc) is 2.32. The Morgan fingerprint density at radius 2 is 1.88 bits per heavy atom. The van der Waals surface area contributed by atoms with E-state index in [0.29, 0.717) is 0 Å². The second-order valence-electron chi connectivity index (χ2n) is 4.79. The Balaban J connectivity index is 1.71. The van der Waals surface area contributed by atoms with Crippen molar-refractivity contribution in [3.8, 4) is 0 Å². The monoisotopic (exact) mass is 226 g/mol. The van der Waals surface area contributed by atoms with Crippen LogP contribution in [0.4, 0.5) is 0 Å². The van der Waals surface area contributed by atoms with Crippen molar-refractivity contribution in [3.05, 3.63) is 48.0 Å². The summed E-state index contributed by atoms with van der Waals surface area (Å²) in [6, 6.07) is 15.1. The van der Waals surface area contributed by atoms with Gasteiger partial charge in [0.05, 0.1) is 0 Å². The van der Waals surface area contributed by atoms with Crippen LogP contribution >= 0.6 is 0 Å². The summed E-state index contributed by atoms with van der Waals surface area (Å²) in [4.78, 5) is 0. The molecule has 0 aliphatic carbocycles. The molecule has 1 aliphatic heterocycles. The summed E-state index contributed by atoms with van der Waals surface area (Å²) in [5.41, 5.74) is 1.40. The molecule has 0 atom stereocenters. The number of nitrogens with one attached hydrogen (secondary N) is 2. The molecule has 0 aromatic heterocycles. The first kappa shape index (κ1) is 10.8. The van der Waals surface area contributed by atoms with Gasteiger partial charge >= 0.3 is 0 Å². The van der Waals surface area contributed by atoms with E-state index in [1.54, 1.807) is 0 Å².